The molecule has 0 amide bonds. The Morgan fingerprint density at radius 3 is 2.70 bits per heavy atom. The molecule has 3 rings (SSSR count). The van der Waals surface area contributed by atoms with Gasteiger partial charge in [0.25, 0.3) is 6.02 Å². The van der Waals surface area contributed by atoms with Crippen molar-refractivity contribution in [2.24, 2.45) is 22.7 Å². The van der Waals surface area contributed by atoms with E-state index in [4.69, 9.17) is 9.47 Å². The van der Waals surface area contributed by atoms with E-state index < -0.39 is 18.7 Å². The summed E-state index contributed by atoms with van der Waals surface area (Å²) in [5, 5.41) is 23.9. The van der Waals surface area contributed by atoms with Crippen molar-refractivity contribution in [3.8, 4) is 0 Å². The van der Waals surface area contributed by atoms with Gasteiger partial charge in [-0.15, -0.1) is 0 Å². The van der Waals surface area contributed by atoms with Gasteiger partial charge in [0.2, 0.25) is 0 Å². The first-order valence-electron chi connectivity index (χ1n) is 10.8. The lowest BCUT2D eigenvalue weighted by molar-refractivity contribution is -0.220. The fourth-order valence-corrected chi connectivity index (χ4v) is 4.88. The highest BCUT2D eigenvalue weighted by Gasteiger charge is 2.46. The molecule has 5 unspecified atom stereocenters. The lowest BCUT2D eigenvalue weighted by Crippen LogP contribution is -2.57. The number of aliphatic hydroxyl groups excluding tert-OH is 2. The van der Waals surface area contributed by atoms with Gasteiger partial charge >= 0.3 is 0 Å². The first-order chi connectivity index (χ1) is 13.1. The van der Waals surface area contributed by atoms with Crippen molar-refractivity contribution in [2.45, 2.75) is 77.5 Å². The summed E-state index contributed by atoms with van der Waals surface area (Å²) < 4.78 is 11.4. The van der Waals surface area contributed by atoms with Gasteiger partial charge in [-0.2, -0.15) is 0 Å². The molecule has 1 saturated carbocycles. The van der Waals surface area contributed by atoms with Gasteiger partial charge in [0.15, 0.2) is 12.5 Å². The molecule has 0 aromatic heterocycles. The van der Waals surface area contributed by atoms with Gasteiger partial charge in [0, 0.05) is 13.0 Å². The van der Waals surface area contributed by atoms with E-state index in [1.54, 1.807) is 0 Å². The summed E-state index contributed by atoms with van der Waals surface area (Å²) in [6.45, 7) is 7.68. The van der Waals surface area contributed by atoms with Crippen molar-refractivity contribution in [1.82, 2.24) is 10.2 Å². The Hall–Kier alpha value is -0.890. The zero-order valence-corrected chi connectivity index (χ0v) is 16.8. The SMILES string of the molecule is CCCN(CC)CCOC1=NC2OC(O)CC(CC3CCCC3)C2C(O)N1. The molecule has 0 spiro atoms. The molecule has 2 fully saturated rings. The van der Waals surface area contributed by atoms with Crippen LogP contribution in [0.1, 0.15) is 58.8 Å². The van der Waals surface area contributed by atoms with Gasteiger partial charge < -0.3 is 29.9 Å². The number of ether oxygens (including phenoxy) is 2. The van der Waals surface area contributed by atoms with Crippen LogP contribution in [0.4, 0.5) is 0 Å². The van der Waals surface area contributed by atoms with Crippen LogP contribution in [0.5, 0.6) is 0 Å². The van der Waals surface area contributed by atoms with E-state index in [0.29, 0.717) is 25.0 Å². The zero-order valence-electron chi connectivity index (χ0n) is 16.8. The van der Waals surface area contributed by atoms with E-state index in [1.807, 2.05) is 0 Å². The first kappa shape index (κ1) is 20.8. The third kappa shape index (κ3) is 5.56. The van der Waals surface area contributed by atoms with Crippen LogP contribution in [-0.2, 0) is 9.47 Å². The highest BCUT2D eigenvalue weighted by atomic mass is 16.6. The van der Waals surface area contributed by atoms with E-state index in [1.165, 1.54) is 25.7 Å². The minimum Gasteiger partial charge on any atom is -0.464 e. The third-order valence-electron chi connectivity index (χ3n) is 6.30. The quantitative estimate of drug-likeness (QED) is 0.593. The predicted octanol–water partition coefficient (Wildman–Crippen LogP) is 1.89. The fraction of sp³-hybridized carbons (Fsp3) is 0.950. The van der Waals surface area contributed by atoms with Crippen LogP contribution in [0.2, 0.25) is 0 Å². The molecule has 0 aromatic rings. The second-order valence-electron chi connectivity index (χ2n) is 8.25. The Balaban J connectivity index is 1.57. The zero-order chi connectivity index (χ0) is 19.2. The van der Waals surface area contributed by atoms with E-state index in [9.17, 15) is 10.2 Å². The van der Waals surface area contributed by atoms with Crippen LogP contribution >= 0.6 is 0 Å². The average Bonchev–Trinajstić information content (AvgIpc) is 3.13. The van der Waals surface area contributed by atoms with Gasteiger partial charge in [0.05, 0.1) is 5.92 Å². The van der Waals surface area contributed by atoms with Crippen molar-refractivity contribution < 1.29 is 19.7 Å². The van der Waals surface area contributed by atoms with Gasteiger partial charge in [-0.1, -0.05) is 39.5 Å². The largest absolute Gasteiger partial charge is 0.464 e. The fourth-order valence-electron chi connectivity index (χ4n) is 4.88. The summed E-state index contributed by atoms with van der Waals surface area (Å²) in [6.07, 6.45) is 5.75. The number of hydrogen-bond donors (Lipinski definition) is 3. The standard InChI is InChI=1S/C20H37N3O4/c1-3-9-23(4-2)10-11-26-20-21-18(25)17-15(12-14-7-5-6-8-14)13-16(24)27-19(17)22-20/h14-19,24-25H,3-13H2,1-2H3,(H,21,22). The smallest absolute Gasteiger partial charge is 0.289 e. The lowest BCUT2D eigenvalue weighted by Gasteiger charge is -2.44. The molecule has 5 atom stereocenters. The molecule has 27 heavy (non-hydrogen) atoms. The van der Waals surface area contributed by atoms with Crippen LogP contribution < -0.4 is 5.32 Å². The minimum absolute atomic E-state index is 0.131. The third-order valence-corrected chi connectivity index (χ3v) is 6.30. The molecule has 156 valence electrons. The number of aliphatic imine (C=N–C) groups is 1. The molecule has 2 heterocycles. The molecule has 1 saturated heterocycles. The van der Waals surface area contributed by atoms with Crippen LogP contribution in [0.25, 0.3) is 0 Å². The Bertz CT molecular complexity index is 484. The van der Waals surface area contributed by atoms with Gasteiger partial charge in [-0.25, -0.2) is 4.99 Å². The maximum atomic E-state index is 10.7. The maximum absolute atomic E-state index is 10.7. The predicted molar refractivity (Wildman–Crippen MR) is 104 cm³/mol. The molecule has 3 aliphatic rings. The van der Waals surface area contributed by atoms with Crippen molar-refractivity contribution in [2.75, 3.05) is 26.2 Å². The molecule has 7 nitrogen and oxygen atoms in total. The van der Waals surface area contributed by atoms with Gasteiger partial charge in [0.1, 0.15) is 12.8 Å². The number of likely N-dealkylation sites (N-methyl/N-ethyl adjacent to an activating group) is 1. The molecule has 0 aromatic carbocycles. The van der Waals surface area contributed by atoms with E-state index in [0.717, 1.165) is 32.5 Å². The molecule has 3 N–H and O–H groups in total. The Kier molecular flexibility index (Phi) is 7.75. The van der Waals surface area contributed by atoms with Crippen LogP contribution in [0, 0.1) is 17.8 Å². The van der Waals surface area contributed by atoms with E-state index >= 15 is 0 Å². The minimum atomic E-state index is -0.812. The van der Waals surface area contributed by atoms with Crippen LogP contribution in [0.15, 0.2) is 4.99 Å². The summed E-state index contributed by atoms with van der Waals surface area (Å²) in [4.78, 5) is 6.84. The molecule has 2 aliphatic heterocycles. The number of hydrogen-bond acceptors (Lipinski definition) is 7. The summed E-state index contributed by atoms with van der Waals surface area (Å²) in [7, 11) is 0. The number of amidine groups is 1. The molecule has 1 aliphatic carbocycles. The summed E-state index contributed by atoms with van der Waals surface area (Å²) in [5.41, 5.74) is 0. The second kappa shape index (κ2) is 10.0. The molecule has 0 bridgehead atoms. The molecule has 7 heteroatoms. The number of fused-ring (bicyclic) bond motifs is 1. The lowest BCUT2D eigenvalue weighted by atomic mass is 9.77. The van der Waals surface area contributed by atoms with E-state index in [-0.39, 0.29) is 11.8 Å². The maximum Gasteiger partial charge on any atom is 0.289 e. The summed E-state index contributed by atoms with van der Waals surface area (Å²) in [5.74, 6) is 0.789. The summed E-state index contributed by atoms with van der Waals surface area (Å²) >= 11 is 0. The highest BCUT2D eigenvalue weighted by Crippen LogP contribution is 2.41. The Morgan fingerprint density at radius 2 is 2.00 bits per heavy atom. The second-order valence-corrected chi connectivity index (χ2v) is 8.25. The Morgan fingerprint density at radius 1 is 1.22 bits per heavy atom. The van der Waals surface area contributed by atoms with Crippen LogP contribution in [-0.4, -0.2) is 66.1 Å². The Labute approximate surface area is 163 Å². The van der Waals surface area contributed by atoms with Crippen molar-refractivity contribution >= 4 is 6.02 Å². The highest BCUT2D eigenvalue weighted by molar-refractivity contribution is 5.74. The summed E-state index contributed by atoms with van der Waals surface area (Å²) in [6, 6.07) is 0.324. The number of nitrogens with zero attached hydrogens (tertiary/aromatic N) is 2. The number of nitrogens with one attached hydrogen (secondary N) is 1. The monoisotopic (exact) mass is 383 g/mol. The van der Waals surface area contributed by atoms with Crippen molar-refractivity contribution in [1.29, 1.82) is 0 Å². The topological polar surface area (TPSA) is 86.6 Å². The van der Waals surface area contributed by atoms with Crippen molar-refractivity contribution in [3.63, 3.8) is 0 Å². The van der Waals surface area contributed by atoms with Crippen LogP contribution in [0.3, 0.4) is 0 Å². The molecule has 0 radical (unpaired) electrons. The number of rotatable bonds is 8. The molecular formula is C20H37N3O4. The van der Waals surface area contributed by atoms with Gasteiger partial charge in [-0.3, -0.25) is 0 Å². The van der Waals surface area contributed by atoms with E-state index in [2.05, 4.69) is 29.1 Å². The van der Waals surface area contributed by atoms with Crippen molar-refractivity contribution in [3.05, 3.63) is 0 Å². The first-order valence-corrected chi connectivity index (χ1v) is 10.8. The number of aliphatic hydroxyl groups is 2. The molecular weight excluding hydrogens is 346 g/mol. The average molecular weight is 384 g/mol. The van der Waals surface area contributed by atoms with Gasteiger partial charge in [-0.05, 0) is 37.8 Å². The normalized spacial score (nSPS) is 34.3.